The van der Waals surface area contributed by atoms with Gasteiger partial charge in [0.2, 0.25) is 5.91 Å². The molecule has 0 aliphatic carbocycles. The molecule has 0 unspecified atom stereocenters. The number of carbonyl (C=O) groups excluding carboxylic acids is 1. The molecule has 1 aromatic carbocycles. The molecule has 1 aromatic rings. The first-order chi connectivity index (χ1) is 7.68. The fourth-order valence-corrected chi connectivity index (χ4v) is 1.45. The first kappa shape index (κ1) is 10.6. The van der Waals surface area contributed by atoms with Crippen LogP contribution in [0.5, 0.6) is 0 Å². The smallest absolute Gasteiger partial charge is 0.292 e. The van der Waals surface area contributed by atoms with Gasteiger partial charge in [-0.25, -0.2) is 0 Å². The number of benzene rings is 1. The van der Waals surface area contributed by atoms with Crippen LogP contribution in [0.3, 0.4) is 0 Å². The summed E-state index contributed by atoms with van der Waals surface area (Å²) in [4.78, 5) is 21.8. The molecule has 0 saturated carbocycles. The summed E-state index contributed by atoms with van der Waals surface area (Å²) in [6, 6.07) is 6.12. The average molecular weight is 221 g/mol. The first-order valence-corrected chi connectivity index (χ1v) is 4.93. The van der Waals surface area contributed by atoms with E-state index in [-0.39, 0.29) is 23.2 Å². The minimum absolute atomic E-state index is 0.0804. The maximum Gasteiger partial charge on any atom is 0.292 e. The minimum Gasteiger partial charge on any atom is -0.320 e. The van der Waals surface area contributed by atoms with Crippen molar-refractivity contribution in [2.45, 2.75) is 0 Å². The van der Waals surface area contributed by atoms with Gasteiger partial charge in [0.15, 0.2) is 0 Å². The lowest BCUT2D eigenvalue weighted by molar-refractivity contribution is -0.383. The van der Waals surface area contributed by atoms with Gasteiger partial charge in [-0.2, -0.15) is 0 Å². The maximum atomic E-state index is 11.6. The van der Waals surface area contributed by atoms with Crippen LogP contribution >= 0.6 is 0 Å². The zero-order valence-corrected chi connectivity index (χ0v) is 8.47. The fraction of sp³-hybridized carbons (Fsp3) is 0.300. The standard InChI is InChI=1S/C10H11N3O3/c14-10(7-5-11-6-7)12-8-3-1-2-4-9(8)13(15)16/h1-4,7,11H,5-6H2,(H,12,14). The van der Waals surface area contributed by atoms with E-state index in [1.807, 2.05) is 0 Å². The Balaban J connectivity index is 2.13. The van der Waals surface area contributed by atoms with Gasteiger partial charge in [-0.15, -0.1) is 0 Å². The molecule has 1 saturated heterocycles. The molecular formula is C10H11N3O3. The molecule has 6 nitrogen and oxygen atoms in total. The molecule has 1 aliphatic heterocycles. The van der Waals surface area contributed by atoms with E-state index < -0.39 is 4.92 Å². The summed E-state index contributed by atoms with van der Waals surface area (Å²) in [6.07, 6.45) is 0. The molecule has 0 spiro atoms. The molecule has 0 radical (unpaired) electrons. The number of nitrogens with zero attached hydrogens (tertiary/aromatic N) is 1. The van der Waals surface area contributed by atoms with Crippen LogP contribution in [0.4, 0.5) is 11.4 Å². The number of nitro benzene ring substituents is 1. The summed E-state index contributed by atoms with van der Waals surface area (Å²) in [6.45, 7) is 1.26. The molecule has 2 N–H and O–H groups in total. The van der Waals surface area contributed by atoms with Crippen molar-refractivity contribution in [3.63, 3.8) is 0 Å². The van der Waals surface area contributed by atoms with Crippen LogP contribution in [0.15, 0.2) is 24.3 Å². The van der Waals surface area contributed by atoms with Crippen molar-refractivity contribution >= 4 is 17.3 Å². The van der Waals surface area contributed by atoms with Crippen molar-refractivity contribution in [1.82, 2.24) is 5.32 Å². The number of nitro groups is 1. The predicted octanol–water partition coefficient (Wildman–Crippen LogP) is 0.753. The van der Waals surface area contributed by atoms with Crippen LogP contribution < -0.4 is 10.6 Å². The molecule has 0 aromatic heterocycles. The van der Waals surface area contributed by atoms with Crippen molar-refractivity contribution in [2.24, 2.45) is 5.92 Å². The van der Waals surface area contributed by atoms with E-state index in [9.17, 15) is 14.9 Å². The van der Waals surface area contributed by atoms with E-state index in [2.05, 4.69) is 10.6 Å². The maximum absolute atomic E-state index is 11.6. The zero-order valence-electron chi connectivity index (χ0n) is 8.47. The fourth-order valence-electron chi connectivity index (χ4n) is 1.45. The lowest BCUT2D eigenvalue weighted by atomic mass is 10.0. The normalized spacial score (nSPS) is 15.2. The number of hydrogen-bond acceptors (Lipinski definition) is 4. The molecule has 1 fully saturated rings. The topological polar surface area (TPSA) is 84.3 Å². The number of hydrogen-bond donors (Lipinski definition) is 2. The monoisotopic (exact) mass is 221 g/mol. The minimum atomic E-state index is -0.505. The van der Waals surface area contributed by atoms with E-state index in [1.165, 1.54) is 12.1 Å². The highest BCUT2D eigenvalue weighted by Gasteiger charge is 2.26. The second-order valence-electron chi connectivity index (χ2n) is 3.62. The Kier molecular flexibility index (Phi) is 2.82. The number of nitrogens with one attached hydrogen (secondary N) is 2. The van der Waals surface area contributed by atoms with Crippen LogP contribution in [-0.4, -0.2) is 23.9 Å². The Morgan fingerprint density at radius 2 is 2.12 bits per heavy atom. The van der Waals surface area contributed by atoms with Gasteiger partial charge in [0.25, 0.3) is 5.69 Å². The van der Waals surface area contributed by atoms with Crippen molar-refractivity contribution < 1.29 is 9.72 Å². The van der Waals surface area contributed by atoms with Gasteiger partial charge in [0.05, 0.1) is 10.8 Å². The van der Waals surface area contributed by atoms with E-state index in [1.54, 1.807) is 12.1 Å². The summed E-state index contributed by atoms with van der Waals surface area (Å²) in [7, 11) is 0. The van der Waals surface area contributed by atoms with E-state index in [4.69, 9.17) is 0 Å². The average Bonchev–Trinajstić information content (AvgIpc) is 2.15. The molecule has 2 rings (SSSR count). The van der Waals surface area contributed by atoms with Crippen molar-refractivity contribution in [1.29, 1.82) is 0 Å². The lowest BCUT2D eigenvalue weighted by Crippen LogP contribution is -2.48. The molecule has 84 valence electrons. The molecule has 1 amide bonds. The van der Waals surface area contributed by atoms with Crippen LogP contribution in [0.2, 0.25) is 0 Å². The number of para-hydroxylation sites is 2. The number of carbonyl (C=O) groups is 1. The Labute approximate surface area is 91.8 Å². The molecular weight excluding hydrogens is 210 g/mol. The van der Waals surface area contributed by atoms with E-state index in [0.29, 0.717) is 13.1 Å². The molecule has 0 atom stereocenters. The first-order valence-electron chi connectivity index (χ1n) is 4.93. The third kappa shape index (κ3) is 2.01. The van der Waals surface area contributed by atoms with Gasteiger partial charge in [-0.1, -0.05) is 12.1 Å². The van der Waals surface area contributed by atoms with Crippen LogP contribution in [0.25, 0.3) is 0 Å². The highest BCUT2D eigenvalue weighted by molar-refractivity contribution is 5.95. The predicted molar refractivity (Wildman–Crippen MR) is 58.1 cm³/mol. The van der Waals surface area contributed by atoms with E-state index >= 15 is 0 Å². The number of rotatable bonds is 3. The molecule has 6 heteroatoms. The molecule has 1 heterocycles. The molecule has 16 heavy (non-hydrogen) atoms. The van der Waals surface area contributed by atoms with Crippen molar-refractivity contribution in [3.8, 4) is 0 Å². The van der Waals surface area contributed by atoms with Gasteiger partial charge in [-0.3, -0.25) is 14.9 Å². The Bertz CT molecular complexity index is 429. The summed E-state index contributed by atoms with van der Waals surface area (Å²) in [5.74, 6) is -0.257. The molecule has 1 aliphatic rings. The number of anilines is 1. The Morgan fingerprint density at radius 3 is 2.69 bits per heavy atom. The lowest BCUT2D eigenvalue weighted by Gasteiger charge is -2.25. The van der Waals surface area contributed by atoms with Gasteiger partial charge >= 0.3 is 0 Å². The highest BCUT2D eigenvalue weighted by Crippen LogP contribution is 2.23. The van der Waals surface area contributed by atoms with Crippen LogP contribution in [0, 0.1) is 16.0 Å². The van der Waals surface area contributed by atoms with Crippen molar-refractivity contribution in [2.75, 3.05) is 18.4 Å². The number of amides is 1. The summed E-state index contributed by atoms with van der Waals surface area (Å²) in [5.41, 5.74) is 0.174. The summed E-state index contributed by atoms with van der Waals surface area (Å²) < 4.78 is 0. The van der Waals surface area contributed by atoms with Crippen LogP contribution in [-0.2, 0) is 4.79 Å². The van der Waals surface area contributed by atoms with Gasteiger partial charge < -0.3 is 10.6 Å². The SMILES string of the molecule is O=C(Nc1ccccc1[N+](=O)[O-])C1CNC1. The highest BCUT2D eigenvalue weighted by atomic mass is 16.6. The van der Waals surface area contributed by atoms with Gasteiger partial charge in [-0.05, 0) is 6.07 Å². The van der Waals surface area contributed by atoms with Gasteiger partial charge in [0, 0.05) is 19.2 Å². The van der Waals surface area contributed by atoms with Gasteiger partial charge in [0.1, 0.15) is 5.69 Å². The molecule has 0 bridgehead atoms. The summed E-state index contributed by atoms with van der Waals surface area (Å²) >= 11 is 0. The second kappa shape index (κ2) is 4.28. The van der Waals surface area contributed by atoms with Crippen LogP contribution in [0.1, 0.15) is 0 Å². The summed E-state index contributed by atoms with van der Waals surface area (Å²) in [5, 5.41) is 16.2. The van der Waals surface area contributed by atoms with E-state index in [0.717, 1.165) is 0 Å². The second-order valence-corrected chi connectivity index (χ2v) is 3.62. The quantitative estimate of drug-likeness (QED) is 0.582. The largest absolute Gasteiger partial charge is 0.320 e. The third-order valence-corrected chi connectivity index (χ3v) is 2.51. The van der Waals surface area contributed by atoms with Crippen molar-refractivity contribution in [3.05, 3.63) is 34.4 Å². The Hall–Kier alpha value is -1.95. The third-order valence-electron chi connectivity index (χ3n) is 2.51. The zero-order chi connectivity index (χ0) is 11.5. The Morgan fingerprint density at radius 1 is 1.44 bits per heavy atom.